The first-order valence-electron chi connectivity index (χ1n) is 8.23. The number of likely N-dealkylation sites (tertiary alicyclic amines) is 1. The van der Waals surface area contributed by atoms with Crippen LogP contribution >= 0.6 is 11.6 Å². The first-order valence-corrected chi connectivity index (χ1v) is 8.61. The third-order valence-electron chi connectivity index (χ3n) is 4.09. The SMILES string of the molecule is CNC(=O)[C@@H]1CCCCN1C(=O)c1ccc(Cl)cc1OCCCN. The summed E-state index contributed by atoms with van der Waals surface area (Å²) in [4.78, 5) is 26.7. The van der Waals surface area contributed by atoms with Crippen molar-refractivity contribution >= 4 is 23.4 Å². The van der Waals surface area contributed by atoms with Gasteiger partial charge in [0.1, 0.15) is 11.8 Å². The highest BCUT2D eigenvalue weighted by atomic mass is 35.5. The first kappa shape index (κ1) is 18.5. The van der Waals surface area contributed by atoms with Crippen molar-refractivity contribution < 1.29 is 14.3 Å². The monoisotopic (exact) mass is 353 g/mol. The topological polar surface area (TPSA) is 84.7 Å². The van der Waals surface area contributed by atoms with Gasteiger partial charge in [0.05, 0.1) is 12.2 Å². The number of halogens is 1. The van der Waals surface area contributed by atoms with Crippen LogP contribution in [0.4, 0.5) is 0 Å². The van der Waals surface area contributed by atoms with Crippen molar-refractivity contribution in [3.8, 4) is 5.75 Å². The Kier molecular flexibility index (Phi) is 6.87. The number of carbonyl (C=O) groups excluding carboxylic acids is 2. The number of amides is 2. The average Bonchev–Trinajstić information content (AvgIpc) is 2.61. The summed E-state index contributed by atoms with van der Waals surface area (Å²) in [5.74, 6) is 0.0903. The van der Waals surface area contributed by atoms with E-state index in [0.29, 0.717) is 48.9 Å². The number of piperidine rings is 1. The molecule has 0 aliphatic carbocycles. The third kappa shape index (κ3) is 4.39. The van der Waals surface area contributed by atoms with Crippen LogP contribution in [-0.4, -0.2) is 49.5 Å². The molecule has 1 fully saturated rings. The number of rotatable bonds is 6. The molecular formula is C17H24ClN3O3. The molecule has 3 N–H and O–H groups in total. The van der Waals surface area contributed by atoms with Gasteiger partial charge in [-0.25, -0.2) is 0 Å². The van der Waals surface area contributed by atoms with Gasteiger partial charge >= 0.3 is 0 Å². The molecule has 0 bridgehead atoms. The van der Waals surface area contributed by atoms with Crippen molar-refractivity contribution in [3.05, 3.63) is 28.8 Å². The minimum Gasteiger partial charge on any atom is -0.493 e. The zero-order valence-corrected chi connectivity index (χ0v) is 14.6. The number of carbonyl (C=O) groups is 2. The van der Waals surface area contributed by atoms with Crippen LogP contribution in [0.3, 0.4) is 0 Å². The summed E-state index contributed by atoms with van der Waals surface area (Å²) in [6.07, 6.45) is 3.17. The quantitative estimate of drug-likeness (QED) is 0.764. The van der Waals surface area contributed by atoms with Gasteiger partial charge < -0.3 is 20.7 Å². The van der Waals surface area contributed by atoms with Crippen LogP contribution < -0.4 is 15.8 Å². The maximum absolute atomic E-state index is 13.0. The summed E-state index contributed by atoms with van der Waals surface area (Å²) in [6, 6.07) is 4.50. The van der Waals surface area contributed by atoms with Crippen molar-refractivity contribution in [1.82, 2.24) is 10.2 Å². The Balaban J connectivity index is 2.25. The van der Waals surface area contributed by atoms with Gasteiger partial charge in [0.2, 0.25) is 5.91 Å². The fourth-order valence-corrected chi connectivity index (χ4v) is 2.99. The number of hydrogen-bond donors (Lipinski definition) is 2. The van der Waals surface area contributed by atoms with E-state index >= 15 is 0 Å². The van der Waals surface area contributed by atoms with Gasteiger partial charge in [-0.1, -0.05) is 11.6 Å². The number of nitrogens with one attached hydrogen (secondary N) is 1. The fraction of sp³-hybridized carbons (Fsp3) is 0.529. The molecule has 1 aromatic rings. The summed E-state index contributed by atoms with van der Waals surface area (Å²) in [5.41, 5.74) is 5.90. The number of nitrogens with zero attached hydrogens (tertiary/aromatic N) is 1. The Morgan fingerprint density at radius 1 is 1.42 bits per heavy atom. The Morgan fingerprint density at radius 2 is 2.21 bits per heavy atom. The molecule has 0 radical (unpaired) electrons. The molecule has 1 aromatic carbocycles. The van der Waals surface area contributed by atoms with E-state index in [-0.39, 0.29) is 11.8 Å². The van der Waals surface area contributed by atoms with Crippen molar-refractivity contribution in [2.24, 2.45) is 5.73 Å². The molecule has 0 unspecified atom stereocenters. The smallest absolute Gasteiger partial charge is 0.258 e. The Labute approximate surface area is 147 Å². The molecule has 2 rings (SSSR count). The molecule has 1 atom stereocenters. The third-order valence-corrected chi connectivity index (χ3v) is 4.33. The average molecular weight is 354 g/mol. The minimum atomic E-state index is -0.441. The van der Waals surface area contributed by atoms with Gasteiger partial charge in [-0.2, -0.15) is 0 Å². The number of nitrogens with two attached hydrogens (primary N) is 1. The fourth-order valence-electron chi connectivity index (χ4n) is 2.83. The molecule has 132 valence electrons. The van der Waals surface area contributed by atoms with E-state index in [2.05, 4.69) is 5.32 Å². The van der Waals surface area contributed by atoms with Gasteiger partial charge in [-0.3, -0.25) is 9.59 Å². The summed E-state index contributed by atoms with van der Waals surface area (Å²) >= 11 is 6.03. The van der Waals surface area contributed by atoms with E-state index < -0.39 is 6.04 Å². The van der Waals surface area contributed by atoms with E-state index in [4.69, 9.17) is 22.1 Å². The van der Waals surface area contributed by atoms with Gasteiger partial charge in [0.25, 0.3) is 5.91 Å². The Bertz CT molecular complexity index is 594. The zero-order chi connectivity index (χ0) is 17.5. The molecule has 1 aliphatic rings. The number of likely N-dealkylation sites (N-methyl/N-ethyl adjacent to an activating group) is 1. The van der Waals surface area contributed by atoms with Gasteiger partial charge in [0.15, 0.2) is 0 Å². The molecule has 24 heavy (non-hydrogen) atoms. The van der Waals surface area contributed by atoms with E-state index in [1.54, 1.807) is 30.1 Å². The standard InChI is InChI=1S/C17H24ClN3O3/c1-20-16(22)14-5-2-3-9-21(14)17(23)13-7-6-12(18)11-15(13)24-10-4-8-19/h6-7,11,14H,2-5,8-10,19H2,1H3,(H,20,22)/t14-/m0/s1. The maximum atomic E-state index is 13.0. The molecule has 1 heterocycles. The first-order chi connectivity index (χ1) is 11.6. The lowest BCUT2D eigenvalue weighted by molar-refractivity contribution is -0.126. The van der Waals surface area contributed by atoms with Crippen LogP contribution in [0, 0.1) is 0 Å². The second-order valence-electron chi connectivity index (χ2n) is 5.76. The zero-order valence-electron chi connectivity index (χ0n) is 13.9. The van der Waals surface area contributed by atoms with Crippen LogP contribution in [0.1, 0.15) is 36.0 Å². The molecule has 0 saturated carbocycles. The lowest BCUT2D eigenvalue weighted by Crippen LogP contribution is -2.51. The molecule has 1 aliphatic heterocycles. The van der Waals surface area contributed by atoms with Crippen molar-refractivity contribution in [3.63, 3.8) is 0 Å². The second-order valence-corrected chi connectivity index (χ2v) is 6.19. The normalized spacial score (nSPS) is 17.5. The minimum absolute atomic E-state index is 0.136. The lowest BCUT2D eigenvalue weighted by Gasteiger charge is -2.34. The molecule has 2 amide bonds. The van der Waals surface area contributed by atoms with Crippen molar-refractivity contribution in [1.29, 1.82) is 0 Å². The molecule has 0 aromatic heterocycles. The van der Waals surface area contributed by atoms with E-state index in [0.717, 1.165) is 12.8 Å². The molecule has 0 spiro atoms. The largest absolute Gasteiger partial charge is 0.493 e. The highest BCUT2D eigenvalue weighted by molar-refractivity contribution is 6.30. The predicted octanol–water partition coefficient (Wildman–Crippen LogP) is 1.81. The van der Waals surface area contributed by atoms with Gasteiger partial charge in [0, 0.05) is 18.6 Å². The molecule has 7 heteroatoms. The second kappa shape index (κ2) is 8.89. The highest BCUT2D eigenvalue weighted by Gasteiger charge is 2.33. The maximum Gasteiger partial charge on any atom is 0.258 e. The van der Waals surface area contributed by atoms with Gasteiger partial charge in [-0.05, 0) is 50.4 Å². The van der Waals surface area contributed by atoms with Crippen molar-refractivity contribution in [2.75, 3.05) is 26.7 Å². The lowest BCUT2D eigenvalue weighted by atomic mass is 10.00. The number of ether oxygens (including phenoxy) is 1. The Hall–Kier alpha value is -1.79. The predicted molar refractivity (Wildman–Crippen MR) is 93.4 cm³/mol. The highest BCUT2D eigenvalue weighted by Crippen LogP contribution is 2.28. The molecule has 6 nitrogen and oxygen atoms in total. The van der Waals surface area contributed by atoms with E-state index in [9.17, 15) is 9.59 Å². The van der Waals surface area contributed by atoms with Crippen LogP contribution in [0.15, 0.2) is 18.2 Å². The van der Waals surface area contributed by atoms with Crippen LogP contribution in [0.2, 0.25) is 5.02 Å². The number of hydrogen-bond acceptors (Lipinski definition) is 4. The molecular weight excluding hydrogens is 330 g/mol. The molecule has 1 saturated heterocycles. The van der Waals surface area contributed by atoms with E-state index in [1.165, 1.54) is 0 Å². The summed E-state index contributed by atoms with van der Waals surface area (Å²) in [5, 5.41) is 3.13. The van der Waals surface area contributed by atoms with Crippen LogP contribution in [0.5, 0.6) is 5.75 Å². The van der Waals surface area contributed by atoms with Crippen LogP contribution in [-0.2, 0) is 4.79 Å². The Morgan fingerprint density at radius 3 is 2.92 bits per heavy atom. The summed E-state index contributed by atoms with van der Waals surface area (Å²) < 4.78 is 5.68. The summed E-state index contributed by atoms with van der Waals surface area (Å²) in [6.45, 7) is 1.48. The van der Waals surface area contributed by atoms with Gasteiger partial charge in [-0.15, -0.1) is 0 Å². The van der Waals surface area contributed by atoms with Crippen molar-refractivity contribution in [2.45, 2.75) is 31.7 Å². The summed E-state index contributed by atoms with van der Waals surface area (Å²) in [7, 11) is 1.59. The van der Waals surface area contributed by atoms with E-state index in [1.807, 2.05) is 0 Å². The number of benzene rings is 1. The van der Waals surface area contributed by atoms with Crippen LogP contribution in [0.25, 0.3) is 0 Å².